The van der Waals surface area contributed by atoms with Crippen LogP contribution in [-0.2, 0) is 0 Å². The smallest absolute Gasteiger partial charge is 0.123 e. The van der Waals surface area contributed by atoms with Gasteiger partial charge in [-0.25, -0.2) is 8.91 Å². The maximum atomic E-state index is 13.4. The molecule has 6 heteroatoms. The van der Waals surface area contributed by atoms with E-state index in [9.17, 15) is 4.39 Å². The van der Waals surface area contributed by atoms with E-state index in [-0.39, 0.29) is 11.9 Å². The van der Waals surface area contributed by atoms with Gasteiger partial charge in [-0.05, 0) is 53.6 Å². The summed E-state index contributed by atoms with van der Waals surface area (Å²) in [5.41, 5.74) is 5.98. The summed E-state index contributed by atoms with van der Waals surface area (Å²) in [6.07, 6.45) is 5.64. The number of hydrogen-bond donors (Lipinski definition) is 2. The molecule has 1 aromatic carbocycles. The van der Waals surface area contributed by atoms with E-state index in [1.54, 1.807) is 24.5 Å². The third-order valence-electron chi connectivity index (χ3n) is 5.18. The fourth-order valence-corrected chi connectivity index (χ4v) is 3.77. The first-order valence-corrected chi connectivity index (χ1v) is 9.42. The molecule has 0 saturated carbocycles. The van der Waals surface area contributed by atoms with Crippen LogP contribution in [0.4, 0.5) is 4.39 Å². The molecular formula is C22H20FN5. The van der Waals surface area contributed by atoms with E-state index in [2.05, 4.69) is 33.9 Å². The maximum Gasteiger partial charge on any atom is 0.123 e. The monoisotopic (exact) mass is 373 g/mol. The average Bonchev–Trinajstić information content (AvgIpc) is 3.14. The summed E-state index contributed by atoms with van der Waals surface area (Å²) in [7, 11) is 0. The highest BCUT2D eigenvalue weighted by Gasteiger charge is 2.19. The molecule has 4 aromatic rings. The van der Waals surface area contributed by atoms with Gasteiger partial charge < -0.3 is 10.6 Å². The fourth-order valence-electron chi connectivity index (χ4n) is 3.77. The minimum absolute atomic E-state index is 0.254. The van der Waals surface area contributed by atoms with E-state index in [1.165, 1.54) is 17.7 Å². The van der Waals surface area contributed by atoms with Crippen LogP contribution >= 0.6 is 0 Å². The lowest BCUT2D eigenvalue weighted by Gasteiger charge is -2.24. The predicted octanol–water partition coefficient (Wildman–Crippen LogP) is 3.44. The quantitative estimate of drug-likeness (QED) is 0.578. The van der Waals surface area contributed by atoms with Crippen molar-refractivity contribution in [3.8, 4) is 22.4 Å². The van der Waals surface area contributed by atoms with Crippen molar-refractivity contribution in [1.82, 2.24) is 25.2 Å². The van der Waals surface area contributed by atoms with Crippen molar-refractivity contribution in [1.29, 1.82) is 0 Å². The fraction of sp³-hybridized carbons (Fsp3) is 0.182. The summed E-state index contributed by atoms with van der Waals surface area (Å²) in [6.45, 7) is 2.83. The van der Waals surface area contributed by atoms with Gasteiger partial charge in [-0.3, -0.25) is 4.98 Å². The van der Waals surface area contributed by atoms with Crippen LogP contribution in [0.5, 0.6) is 0 Å². The molecule has 140 valence electrons. The zero-order valence-corrected chi connectivity index (χ0v) is 15.3. The van der Waals surface area contributed by atoms with Gasteiger partial charge in [0.25, 0.3) is 0 Å². The van der Waals surface area contributed by atoms with Gasteiger partial charge in [0.1, 0.15) is 11.5 Å². The largest absolute Gasteiger partial charge is 0.314 e. The number of nitrogens with zero attached hydrogens (tertiary/aromatic N) is 3. The molecule has 3 aromatic heterocycles. The van der Waals surface area contributed by atoms with Gasteiger partial charge in [-0.1, -0.05) is 6.07 Å². The second-order valence-electron chi connectivity index (χ2n) is 6.97. The minimum atomic E-state index is -0.254. The van der Waals surface area contributed by atoms with Crippen molar-refractivity contribution in [2.24, 2.45) is 0 Å². The van der Waals surface area contributed by atoms with Gasteiger partial charge in [0.2, 0.25) is 0 Å². The molecule has 28 heavy (non-hydrogen) atoms. The first-order valence-electron chi connectivity index (χ1n) is 9.42. The second kappa shape index (κ2) is 7.14. The van der Waals surface area contributed by atoms with Crippen molar-refractivity contribution in [2.45, 2.75) is 6.04 Å². The number of benzene rings is 1. The number of hydrogen-bond acceptors (Lipinski definition) is 4. The maximum absolute atomic E-state index is 13.4. The molecule has 0 radical (unpaired) electrons. The van der Waals surface area contributed by atoms with E-state index in [4.69, 9.17) is 5.10 Å². The van der Waals surface area contributed by atoms with Crippen LogP contribution in [0.2, 0.25) is 0 Å². The molecule has 0 amide bonds. The molecule has 0 spiro atoms. The molecule has 0 aliphatic carbocycles. The Morgan fingerprint density at radius 2 is 1.75 bits per heavy atom. The highest BCUT2D eigenvalue weighted by Crippen LogP contribution is 2.35. The molecule has 5 rings (SSSR count). The molecule has 1 atom stereocenters. The number of nitrogens with one attached hydrogen (secondary N) is 2. The lowest BCUT2D eigenvalue weighted by molar-refractivity contribution is 0.429. The second-order valence-corrected chi connectivity index (χ2v) is 6.97. The first kappa shape index (κ1) is 17.0. The van der Waals surface area contributed by atoms with Gasteiger partial charge in [0.15, 0.2) is 0 Å². The minimum Gasteiger partial charge on any atom is -0.314 e. The average molecular weight is 373 g/mol. The van der Waals surface area contributed by atoms with E-state index in [0.717, 1.165) is 47.5 Å². The zero-order chi connectivity index (χ0) is 18.9. The van der Waals surface area contributed by atoms with Crippen LogP contribution in [0.1, 0.15) is 11.6 Å². The van der Waals surface area contributed by atoms with E-state index in [1.807, 2.05) is 16.6 Å². The van der Waals surface area contributed by atoms with Crippen molar-refractivity contribution in [2.75, 3.05) is 19.6 Å². The van der Waals surface area contributed by atoms with Gasteiger partial charge in [0.05, 0.1) is 5.52 Å². The van der Waals surface area contributed by atoms with Crippen LogP contribution in [0, 0.1) is 5.82 Å². The molecular weight excluding hydrogens is 353 g/mol. The third kappa shape index (κ3) is 3.06. The highest BCUT2D eigenvalue weighted by molar-refractivity contribution is 5.92. The lowest BCUT2D eigenvalue weighted by Crippen LogP contribution is -2.42. The van der Waals surface area contributed by atoms with Crippen LogP contribution in [0.3, 0.4) is 0 Å². The Labute approximate surface area is 162 Å². The molecule has 1 fully saturated rings. The van der Waals surface area contributed by atoms with Crippen LogP contribution < -0.4 is 10.6 Å². The lowest BCUT2D eigenvalue weighted by atomic mass is 10.00. The van der Waals surface area contributed by atoms with Crippen molar-refractivity contribution < 1.29 is 4.39 Å². The number of rotatable bonds is 3. The number of pyridine rings is 2. The Balaban J connectivity index is 1.69. The van der Waals surface area contributed by atoms with Crippen LogP contribution in [0.25, 0.3) is 27.9 Å². The summed E-state index contributed by atoms with van der Waals surface area (Å²) < 4.78 is 15.4. The number of fused-ring (bicyclic) bond motifs is 1. The summed E-state index contributed by atoms with van der Waals surface area (Å²) in [4.78, 5) is 4.13. The Kier molecular flexibility index (Phi) is 4.35. The molecule has 0 bridgehead atoms. The Hall–Kier alpha value is -3.09. The third-order valence-corrected chi connectivity index (χ3v) is 5.18. The number of piperazine rings is 1. The Bertz CT molecular complexity index is 1100. The van der Waals surface area contributed by atoms with Gasteiger partial charge in [-0.15, -0.1) is 0 Å². The molecule has 1 saturated heterocycles. The summed E-state index contributed by atoms with van der Waals surface area (Å²) in [6, 6.07) is 15.0. The van der Waals surface area contributed by atoms with Gasteiger partial charge in [-0.2, -0.15) is 5.10 Å². The molecule has 1 aliphatic heterocycles. The Morgan fingerprint density at radius 1 is 0.929 bits per heavy atom. The van der Waals surface area contributed by atoms with Gasteiger partial charge in [0, 0.05) is 55.4 Å². The van der Waals surface area contributed by atoms with E-state index >= 15 is 0 Å². The molecule has 0 unspecified atom stereocenters. The summed E-state index contributed by atoms with van der Waals surface area (Å²) in [5.74, 6) is -0.254. The molecule has 1 aliphatic rings. The standard InChI is InChI=1S/C22H20FN5/c23-18-4-1-16(2-5-18)22-21(15-7-9-24-10-8-15)20-6-3-17(14-28(20)27-22)19-13-25-11-12-26-19/h1-10,14,19,25-26H,11-13H2/t19-/m1/s1. The van der Waals surface area contributed by atoms with E-state index < -0.39 is 0 Å². The van der Waals surface area contributed by atoms with E-state index in [0.29, 0.717) is 0 Å². The predicted molar refractivity (Wildman–Crippen MR) is 107 cm³/mol. The summed E-state index contributed by atoms with van der Waals surface area (Å²) in [5, 5.41) is 11.8. The molecule has 2 N–H and O–H groups in total. The van der Waals surface area contributed by atoms with Gasteiger partial charge >= 0.3 is 0 Å². The highest BCUT2D eigenvalue weighted by atomic mass is 19.1. The topological polar surface area (TPSA) is 54.2 Å². The normalized spacial score (nSPS) is 17.1. The number of halogens is 1. The Morgan fingerprint density at radius 3 is 2.50 bits per heavy atom. The van der Waals surface area contributed by atoms with Crippen LogP contribution in [0.15, 0.2) is 67.1 Å². The first-order chi connectivity index (χ1) is 13.8. The van der Waals surface area contributed by atoms with Crippen molar-refractivity contribution >= 4 is 5.52 Å². The van der Waals surface area contributed by atoms with Crippen molar-refractivity contribution in [3.05, 3.63) is 78.5 Å². The SMILES string of the molecule is Fc1ccc(-c2nn3cc([C@H]4CNCCN4)ccc3c2-c2ccncc2)cc1. The summed E-state index contributed by atoms with van der Waals surface area (Å²) >= 11 is 0. The zero-order valence-electron chi connectivity index (χ0n) is 15.3. The number of aromatic nitrogens is 3. The molecule has 5 nitrogen and oxygen atoms in total. The molecule has 4 heterocycles. The van der Waals surface area contributed by atoms with Crippen molar-refractivity contribution in [3.63, 3.8) is 0 Å². The van der Waals surface area contributed by atoms with Crippen LogP contribution in [-0.4, -0.2) is 34.2 Å².